The summed E-state index contributed by atoms with van der Waals surface area (Å²) >= 11 is 0. The van der Waals surface area contributed by atoms with Gasteiger partial charge in [-0.15, -0.1) is 0 Å². The van der Waals surface area contributed by atoms with Crippen molar-refractivity contribution in [1.29, 1.82) is 0 Å². The molecule has 0 saturated heterocycles. The standard InChI is InChI=1S/C15H19N3O2S/c19-21(20,14-9-5-2-6-10-14)17-15-11-12-16-18(15)13-7-3-1-4-8-13/h2,5-6,9-13,17H,1,3-4,7-8H2. The molecule has 1 aromatic heterocycles. The smallest absolute Gasteiger partial charge is 0.263 e. The van der Waals surface area contributed by atoms with E-state index in [0.717, 1.165) is 12.8 Å². The van der Waals surface area contributed by atoms with Crippen molar-refractivity contribution in [3.8, 4) is 0 Å². The highest BCUT2D eigenvalue weighted by Gasteiger charge is 2.21. The third-order valence-electron chi connectivity index (χ3n) is 3.88. The minimum Gasteiger partial charge on any atom is -0.264 e. The number of nitrogens with one attached hydrogen (secondary N) is 1. The summed E-state index contributed by atoms with van der Waals surface area (Å²) in [6, 6.07) is 10.4. The van der Waals surface area contributed by atoms with Crippen molar-refractivity contribution in [3.05, 3.63) is 42.6 Å². The van der Waals surface area contributed by atoms with Gasteiger partial charge < -0.3 is 0 Å². The molecule has 5 nitrogen and oxygen atoms in total. The van der Waals surface area contributed by atoms with Crippen LogP contribution in [0.3, 0.4) is 0 Å². The molecule has 0 radical (unpaired) electrons. The Balaban J connectivity index is 1.84. The van der Waals surface area contributed by atoms with Gasteiger partial charge in [-0.25, -0.2) is 13.1 Å². The lowest BCUT2D eigenvalue weighted by Crippen LogP contribution is -2.20. The van der Waals surface area contributed by atoms with E-state index in [4.69, 9.17) is 0 Å². The van der Waals surface area contributed by atoms with Gasteiger partial charge in [0.15, 0.2) is 0 Å². The fourth-order valence-corrected chi connectivity index (χ4v) is 3.88. The van der Waals surface area contributed by atoms with Crippen molar-refractivity contribution in [1.82, 2.24) is 9.78 Å². The number of hydrogen-bond donors (Lipinski definition) is 1. The van der Waals surface area contributed by atoms with Gasteiger partial charge in [0.05, 0.1) is 17.1 Å². The van der Waals surface area contributed by atoms with Crippen molar-refractivity contribution in [2.75, 3.05) is 4.72 Å². The summed E-state index contributed by atoms with van der Waals surface area (Å²) in [7, 11) is -3.56. The van der Waals surface area contributed by atoms with E-state index in [1.165, 1.54) is 19.3 Å². The predicted molar refractivity (Wildman–Crippen MR) is 81.6 cm³/mol. The topological polar surface area (TPSA) is 64.0 Å². The first kappa shape index (κ1) is 14.1. The van der Waals surface area contributed by atoms with Crippen molar-refractivity contribution in [3.63, 3.8) is 0 Å². The maximum atomic E-state index is 12.4. The molecule has 0 bridgehead atoms. The van der Waals surface area contributed by atoms with Crippen LogP contribution < -0.4 is 4.72 Å². The number of nitrogens with zero attached hydrogens (tertiary/aromatic N) is 2. The summed E-state index contributed by atoms with van der Waals surface area (Å²) < 4.78 is 29.2. The molecule has 3 rings (SSSR count). The maximum Gasteiger partial charge on any atom is 0.263 e. The third kappa shape index (κ3) is 3.10. The molecule has 1 aliphatic carbocycles. The van der Waals surface area contributed by atoms with Gasteiger partial charge in [0, 0.05) is 6.07 Å². The van der Waals surface area contributed by atoms with Crippen LogP contribution in [0.25, 0.3) is 0 Å². The maximum absolute atomic E-state index is 12.4. The average molecular weight is 305 g/mol. The van der Waals surface area contributed by atoms with Gasteiger partial charge in [0.1, 0.15) is 5.82 Å². The molecular formula is C15H19N3O2S. The largest absolute Gasteiger partial charge is 0.264 e. The SMILES string of the molecule is O=S(=O)(Nc1ccnn1C1CCCCC1)c1ccccc1. The second-order valence-corrected chi connectivity index (χ2v) is 7.05. The van der Waals surface area contributed by atoms with Crippen molar-refractivity contribution < 1.29 is 8.42 Å². The number of sulfonamides is 1. The van der Waals surface area contributed by atoms with Crippen molar-refractivity contribution in [2.24, 2.45) is 0 Å². The molecule has 1 fully saturated rings. The van der Waals surface area contributed by atoms with Crippen LogP contribution >= 0.6 is 0 Å². The Morgan fingerprint density at radius 1 is 1.05 bits per heavy atom. The first-order valence-corrected chi connectivity index (χ1v) is 8.76. The molecule has 1 saturated carbocycles. The normalized spacial score (nSPS) is 16.8. The van der Waals surface area contributed by atoms with E-state index in [9.17, 15) is 8.42 Å². The summed E-state index contributed by atoms with van der Waals surface area (Å²) in [4.78, 5) is 0.265. The van der Waals surface area contributed by atoms with Crippen LogP contribution in [0.4, 0.5) is 5.82 Å². The monoisotopic (exact) mass is 305 g/mol. The number of rotatable bonds is 4. The fourth-order valence-electron chi connectivity index (χ4n) is 2.81. The molecule has 1 N–H and O–H groups in total. The molecule has 2 aromatic rings. The summed E-state index contributed by atoms with van der Waals surface area (Å²) in [5.41, 5.74) is 0. The molecule has 6 heteroatoms. The van der Waals surface area contributed by atoms with E-state index in [1.807, 2.05) is 4.68 Å². The molecule has 0 spiro atoms. The number of aromatic nitrogens is 2. The molecule has 0 atom stereocenters. The molecule has 1 heterocycles. The Bertz CT molecular complexity index is 689. The summed E-state index contributed by atoms with van der Waals surface area (Å²) in [5.74, 6) is 0.547. The van der Waals surface area contributed by atoms with Gasteiger partial charge in [-0.3, -0.25) is 4.72 Å². The van der Waals surface area contributed by atoms with Crippen LogP contribution in [-0.4, -0.2) is 18.2 Å². The summed E-state index contributed by atoms with van der Waals surface area (Å²) in [6.45, 7) is 0. The van der Waals surface area contributed by atoms with Crippen LogP contribution in [0, 0.1) is 0 Å². The van der Waals surface area contributed by atoms with Crippen LogP contribution in [0.5, 0.6) is 0 Å². The molecule has 0 aliphatic heterocycles. The van der Waals surface area contributed by atoms with Crippen LogP contribution in [0.2, 0.25) is 0 Å². The van der Waals surface area contributed by atoms with Gasteiger partial charge in [-0.05, 0) is 25.0 Å². The highest BCUT2D eigenvalue weighted by molar-refractivity contribution is 7.92. The van der Waals surface area contributed by atoms with Crippen LogP contribution in [0.1, 0.15) is 38.1 Å². The molecule has 0 unspecified atom stereocenters. The quantitative estimate of drug-likeness (QED) is 0.943. The molecule has 112 valence electrons. The molecule has 0 amide bonds. The van der Waals surface area contributed by atoms with E-state index in [0.29, 0.717) is 11.9 Å². The lowest BCUT2D eigenvalue weighted by Gasteiger charge is -2.24. The molecule has 21 heavy (non-hydrogen) atoms. The Morgan fingerprint density at radius 3 is 2.48 bits per heavy atom. The van der Waals surface area contributed by atoms with E-state index in [-0.39, 0.29) is 4.90 Å². The zero-order valence-corrected chi connectivity index (χ0v) is 12.6. The van der Waals surface area contributed by atoms with E-state index < -0.39 is 10.0 Å². The zero-order valence-electron chi connectivity index (χ0n) is 11.8. The Labute approximate surface area is 125 Å². The second kappa shape index (κ2) is 5.89. The number of hydrogen-bond acceptors (Lipinski definition) is 3. The minimum absolute atomic E-state index is 0.265. The lowest BCUT2D eigenvalue weighted by molar-refractivity contribution is 0.333. The van der Waals surface area contributed by atoms with E-state index in [1.54, 1.807) is 42.6 Å². The zero-order chi connectivity index (χ0) is 14.7. The van der Waals surface area contributed by atoms with Crippen molar-refractivity contribution >= 4 is 15.8 Å². The van der Waals surface area contributed by atoms with Gasteiger partial charge in [0.2, 0.25) is 0 Å². The van der Waals surface area contributed by atoms with Gasteiger partial charge in [-0.1, -0.05) is 37.5 Å². The third-order valence-corrected chi connectivity index (χ3v) is 5.25. The van der Waals surface area contributed by atoms with Gasteiger partial charge in [-0.2, -0.15) is 5.10 Å². The van der Waals surface area contributed by atoms with Crippen molar-refractivity contribution in [2.45, 2.75) is 43.0 Å². The fraction of sp³-hybridized carbons (Fsp3) is 0.400. The predicted octanol–water partition coefficient (Wildman–Crippen LogP) is 3.19. The second-order valence-electron chi connectivity index (χ2n) is 5.37. The summed E-state index contributed by atoms with van der Waals surface area (Å²) in [5, 5.41) is 4.31. The lowest BCUT2D eigenvalue weighted by atomic mass is 9.96. The number of anilines is 1. The summed E-state index contributed by atoms with van der Waals surface area (Å²) in [6.07, 6.45) is 7.37. The van der Waals surface area contributed by atoms with Crippen LogP contribution in [-0.2, 0) is 10.0 Å². The van der Waals surface area contributed by atoms with Gasteiger partial charge >= 0.3 is 0 Å². The molecule has 1 aliphatic rings. The molecular weight excluding hydrogens is 286 g/mol. The average Bonchev–Trinajstić information content (AvgIpc) is 2.96. The Morgan fingerprint density at radius 2 is 1.76 bits per heavy atom. The highest BCUT2D eigenvalue weighted by atomic mass is 32.2. The number of benzene rings is 1. The van der Waals surface area contributed by atoms with E-state index in [2.05, 4.69) is 9.82 Å². The Hall–Kier alpha value is -1.82. The minimum atomic E-state index is -3.56. The Kier molecular flexibility index (Phi) is 3.96. The first-order chi connectivity index (χ1) is 10.2. The highest BCUT2D eigenvalue weighted by Crippen LogP contribution is 2.30. The van der Waals surface area contributed by atoms with Gasteiger partial charge in [0.25, 0.3) is 10.0 Å². The van der Waals surface area contributed by atoms with Crippen LogP contribution in [0.15, 0.2) is 47.5 Å². The first-order valence-electron chi connectivity index (χ1n) is 7.28. The van der Waals surface area contributed by atoms with E-state index >= 15 is 0 Å². The molecule has 1 aromatic carbocycles.